The molecule has 1 aliphatic heterocycles. The molecule has 2 aliphatic rings. The van der Waals surface area contributed by atoms with E-state index in [0.29, 0.717) is 23.4 Å². The third-order valence-electron chi connectivity index (χ3n) is 4.10. The first-order valence-corrected chi connectivity index (χ1v) is 7.38. The summed E-state index contributed by atoms with van der Waals surface area (Å²) in [5.41, 5.74) is 5.48. The highest BCUT2D eigenvalue weighted by molar-refractivity contribution is 6.32. The molecule has 1 heterocycles. The fourth-order valence-corrected chi connectivity index (χ4v) is 3.31. The Morgan fingerprint density at radius 3 is 3.00 bits per heavy atom. The Bertz CT molecular complexity index is 604. The number of nitrogens with zero attached hydrogens (tertiary/aromatic N) is 1. The molecular formula is C15H17ClN2O3. The van der Waals surface area contributed by atoms with Gasteiger partial charge < -0.3 is 15.6 Å². The van der Waals surface area contributed by atoms with Crippen LogP contribution < -0.4 is 5.73 Å². The van der Waals surface area contributed by atoms with Crippen molar-refractivity contribution in [1.82, 2.24) is 0 Å². The van der Waals surface area contributed by atoms with E-state index in [1.54, 1.807) is 6.07 Å². The number of aliphatic hydroxyl groups is 1. The Morgan fingerprint density at radius 1 is 1.52 bits per heavy atom. The van der Waals surface area contributed by atoms with Crippen molar-refractivity contribution in [2.75, 3.05) is 6.61 Å². The van der Waals surface area contributed by atoms with Gasteiger partial charge in [0, 0.05) is 10.6 Å². The summed E-state index contributed by atoms with van der Waals surface area (Å²) in [5, 5.41) is 9.74. The van der Waals surface area contributed by atoms with E-state index in [0.717, 1.165) is 6.42 Å². The van der Waals surface area contributed by atoms with Crippen LogP contribution in [0.3, 0.4) is 0 Å². The van der Waals surface area contributed by atoms with E-state index >= 15 is 0 Å². The molecule has 0 amide bonds. The van der Waals surface area contributed by atoms with Crippen molar-refractivity contribution in [3.63, 3.8) is 0 Å². The smallest absolute Gasteiger partial charge is 0.205 e. The monoisotopic (exact) mass is 308 g/mol. The number of nitrogens with two attached hydrogens (primary N) is 1. The van der Waals surface area contributed by atoms with E-state index in [2.05, 4.69) is 4.99 Å². The average Bonchev–Trinajstić information content (AvgIpc) is 2.47. The number of Topliss-reactive ketones (excluding diaryl/α,β-unsaturated/α-hetero) is 1. The first-order valence-electron chi connectivity index (χ1n) is 7.00. The Kier molecular flexibility index (Phi) is 3.73. The van der Waals surface area contributed by atoms with Crippen LogP contribution in [0, 0.1) is 0 Å². The topological polar surface area (TPSA) is 84.9 Å². The molecule has 2 bridgehead atoms. The summed E-state index contributed by atoms with van der Waals surface area (Å²) in [6.07, 6.45) is 1.49. The molecule has 1 aromatic carbocycles. The van der Waals surface area contributed by atoms with Crippen LogP contribution in [0.25, 0.3) is 0 Å². The molecule has 1 fully saturated rings. The zero-order valence-electron chi connectivity index (χ0n) is 11.5. The van der Waals surface area contributed by atoms with Crippen LogP contribution in [0.4, 0.5) is 0 Å². The van der Waals surface area contributed by atoms with Crippen molar-refractivity contribution in [3.05, 3.63) is 34.9 Å². The molecule has 3 rings (SSSR count). The van der Waals surface area contributed by atoms with Crippen LogP contribution in [-0.4, -0.2) is 35.5 Å². The largest absolute Gasteiger partial charge is 0.468 e. The summed E-state index contributed by atoms with van der Waals surface area (Å²) in [7, 11) is 0. The van der Waals surface area contributed by atoms with Gasteiger partial charge in [0.05, 0.1) is 6.61 Å². The Hall–Kier alpha value is -1.43. The van der Waals surface area contributed by atoms with E-state index in [9.17, 15) is 9.90 Å². The maximum absolute atomic E-state index is 12.7. The lowest BCUT2D eigenvalue weighted by Crippen LogP contribution is -2.54. The molecular weight excluding hydrogens is 292 g/mol. The normalized spacial score (nSPS) is 29.6. The number of halogens is 1. The second-order valence-electron chi connectivity index (χ2n) is 5.44. The van der Waals surface area contributed by atoms with Crippen molar-refractivity contribution in [3.8, 4) is 0 Å². The number of hydrogen-bond acceptors (Lipinski definition) is 5. The summed E-state index contributed by atoms with van der Waals surface area (Å²) in [6.45, 7) is -0.279. The minimum absolute atomic E-state index is 0.0734. The molecule has 0 spiro atoms. The van der Waals surface area contributed by atoms with E-state index in [-0.39, 0.29) is 18.3 Å². The van der Waals surface area contributed by atoms with Crippen molar-refractivity contribution in [2.45, 2.75) is 36.9 Å². The summed E-state index contributed by atoms with van der Waals surface area (Å²) >= 11 is 6.28. The predicted octanol–water partition coefficient (Wildman–Crippen LogP) is 1.41. The van der Waals surface area contributed by atoms with Crippen molar-refractivity contribution < 1.29 is 14.6 Å². The maximum atomic E-state index is 12.7. The van der Waals surface area contributed by atoms with Crippen LogP contribution in [0.5, 0.6) is 0 Å². The SMILES string of the molecule is NC(CO)C1=N[C@@]2(c3ccccc3Cl)CCC[C@@H](O1)C2=O. The second kappa shape index (κ2) is 5.40. The molecule has 1 unspecified atom stereocenters. The lowest BCUT2D eigenvalue weighted by Gasteiger charge is -2.42. The van der Waals surface area contributed by atoms with Gasteiger partial charge in [-0.1, -0.05) is 29.8 Å². The van der Waals surface area contributed by atoms with Gasteiger partial charge in [0.2, 0.25) is 11.7 Å². The van der Waals surface area contributed by atoms with E-state index < -0.39 is 17.7 Å². The summed E-state index contributed by atoms with van der Waals surface area (Å²) in [5.74, 6) is 0.164. The van der Waals surface area contributed by atoms with Crippen LogP contribution >= 0.6 is 11.6 Å². The Morgan fingerprint density at radius 2 is 2.29 bits per heavy atom. The zero-order chi connectivity index (χ0) is 15.0. The van der Waals surface area contributed by atoms with Gasteiger partial charge in [-0.15, -0.1) is 0 Å². The van der Waals surface area contributed by atoms with Gasteiger partial charge >= 0.3 is 0 Å². The summed E-state index contributed by atoms with van der Waals surface area (Å²) < 4.78 is 5.58. The summed E-state index contributed by atoms with van der Waals surface area (Å²) in [6, 6.07) is 6.50. The molecule has 21 heavy (non-hydrogen) atoms. The van der Waals surface area contributed by atoms with Crippen molar-refractivity contribution in [2.24, 2.45) is 10.7 Å². The second-order valence-corrected chi connectivity index (χ2v) is 5.85. The number of fused-ring (bicyclic) bond motifs is 2. The number of benzene rings is 1. The van der Waals surface area contributed by atoms with Gasteiger partial charge in [0.1, 0.15) is 6.04 Å². The van der Waals surface area contributed by atoms with Gasteiger partial charge in [-0.3, -0.25) is 4.79 Å². The first-order chi connectivity index (χ1) is 10.1. The first kappa shape index (κ1) is 14.5. The number of hydrogen-bond donors (Lipinski definition) is 2. The Balaban J connectivity index is 2.16. The number of aliphatic hydroxyl groups excluding tert-OH is 1. The van der Waals surface area contributed by atoms with Crippen molar-refractivity contribution >= 4 is 23.3 Å². The summed E-state index contributed by atoms with van der Waals surface area (Å²) in [4.78, 5) is 17.2. The maximum Gasteiger partial charge on any atom is 0.205 e. The molecule has 1 aliphatic carbocycles. The van der Waals surface area contributed by atoms with Crippen LogP contribution in [-0.2, 0) is 15.1 Å². The van der Waals surface area contributed by atoms with Crippen LogP contribution in [0.1, 0.15) is 24.8 Å². The third kappa shape index (κ3) is 2.25. The van der Waals surface area contributed by atoms with E-state index in [1.807, 2.05) is 18.2 Å². The highest BCUT2D eigenvalue weighted by Crippen LogP contribution is 2.44. The number of rotatable bonds is 3. The molecule has 3 atom stereocenters. The quantitative estimate of drug-likeness (QED) is 0.884. The number of ketones is 1. The van der Waals surface area contributed by atoms with Gasteiger partial charge in [-0.25, -0.2) is 4.99 Å². The molecule has 5 nitrogen and oxygen atoms in total. The molecule has 0 aromatic heterocycles. The molecule has 3 N–H and O–H groups in total. The van der Waals surface area contributed by atoms with Crippen LogP contribution in [0.2, 0.25) is 5.02 Å². The lowest BCUT2D eigenvalue weighted by atomic mass is 9.74. The van der Waals surface area contributed by atoms with Gasteiger partial charge in [-0.05, 0) is 25.3 Å². The molecule has 1 saturated carbocycles. The molecule has 112 valence electrons. The number of aliphatic imine (C=N–C) groups is 1. The van der Waals surface area contributed by atoms with E-state index in [4.69, 9.17) is 22.1 Å². The average molecular weight is 309 g/mol. The molecule has 0 radical (unpaired) electrons. The predicted molar refractivity (Wildman–Crippen MR) is 79.4 cm³/mol. The third-order valence-corrected chi connectivity index (χ3v) is 4.43. The minimum Gasteiger partial charge on any atom is -0.468 e. The highest BCUT2D eigenvalue weighted by atomic mass is 35.5. The van der Waals surface area contributed by atoms with Gasteiger partial charge in [-0.2, -0.15) is 0 Å². The fourth-order valence-electron chi connectivity index (χ4n) is 3.02. The van der Waals surface area contributed by atoms with Crippen molar-refractivity contribution in [1.29, 1.82) is 0 Å². The zero-order valence-corrected chi connectivity index (χ0v) is 12.2. The molecule has 1 aromatic rings. The van der Waals surface area contributed by atoms with Gasteiger partial charge in [0.25, 0.3) is 0 Å². The van der Waals surface area contributed by atoms with E-state index in [1.165, 1.54) is 0 Å². The number of carbonyl (C=O) groups excluding carboxylic acids is 1. The Labute approximate surface area is 127 Å². The molecule has 0 saturated heterocycles. The lowest BCUT2D eigenvalue weighted by molar-refractivity contribution is -0.137. The number of carbonyl (C=O) groups is 1. The minimum atomic E-state index is -1.03. The molecule has 6 heteroatoms. The number of ether oxygens (including phenoxy) is 1. The van der Waals surface area contributed by atoms with Gasteiger partial charge in [0.15, 0.2) is 11.6 Å². The van der Waals surface area contributed by atoms with Crippen LogP contribution in [0.15, 0.2) is 29.3 Å². The highest BCUT2D eigenvalue weighted by Gasteiger charge is 2.52. The standard InChI is InChI=1S/C15H17ClN2O3/c16-10-5-2-1-4-9(10)15-7-3-6-12(13(15)20)21-14(18-15)11(17)8-19/h1-2,4-5,11-12,19H,3,6-8,17H2/t11?,12-,15-/m1/s1. The fraction of sp³-hybridized carbons (Fsp3) is 0.467.